The fourth-order valence-electron chi connectivity index (χ4n) is 7.94. The highest BCUT2D eigenvalue weighted by atomic mass is 32.2. The van der Waals surface area contributed by atoms with E-state index in [1.54, 1.807) is 44.2 Å². The Morgan fingerprint density at radius 1 is 1.10 bits per heavy atom. The Morgan fingerprint density at radius 3 is 2.20 bits per heavy atom. The van der Waals surface area contributed by atoms with Crippen LogP contribution in [0.15, 0.2) is 30.3 Å². The molecule has 1 unspecified atom stereocenters. The Bertz CT molecular complexity index is 1260. The van der Waals surface area contributed by atoms with Crippen molar-refractivity contribution in [1.29, 1.82) is 0 Å². The molecule has 230 valence electrons. The van der Waals surface area contributed by atoms with Crippen LogP contribution in [0, 0.1) is 22.7 Å². The Balaban J connectivity index is 1.77. The number of carbonyl (C=O) groups excluding carboxylic acids is 2. The number of esters is 2. The van der Waals surface area contributed by atoms with E-state index >= 15 is 0 Å². The minimum atomic E-state index is -3.80. The van der Waals surface area contributed by atoms with Gasteiger partial charge in [0.25, 0.3) is 0 Å². The van der Waals surface area contributed by atoms with Crippen molar-refractivity contribution in [2.24, 2.45) is 22.7 Å². The number of hydrogen-bond donors (Lipinski definition) is 1. The largest absolute Gasteiger partial charge is 0.467 e. The Morgan fingerprint density at radius 2 is 1.68 bits per heavy atom. The summed E-state index contributed by atoms with van der Waals surface area (Å²) in [5, 5.41) is 12.0. The van der Waals surface area contributed by atoms with Crippen molar-refractivity contribution in [2.45, 2.75) is 104 Å². The van der Waals surface area contributed by atoms with Crippen molar-refractivity contribution >= 4 is 27.6 Å². The van der Waals surface area contributed by atoms with Crippen LogP contribution in [-0.4, -0.2) is 72.2 Å². The standard InChI is InChI=1S/C30H46N2O8S/c1-19(2)32(20(3)4)41(36,37)18-29-16-15-22(27(29,6)7)17-30(29)39-26(34)28(8,40-30)21(5)24(25(33)38-9)31(35)23-13-11-10-12-14-23/h10-14,19-22,24,35H,15-18H2,1-9H3/t21-,22?,24-,28+,29-,30+/m0/s1. The number of hydroxylamine groups is 1. The maximum absolute atomic E-state index is 14.1. The monoisotopic (exact) mass is 594 g/mol. The molecule has 0 amide bonds. The first-order valence-corrected chi connectivity index (χ1v) is 16.1. The lowest BCUT2D eigenvalue weighted by atomic mass is 9.68. The smallest absolute Gasteiger partial charge is 0.341 e. The van der Waals surface area contributed by atoms with Crippen LogP contribution in [0.4, 0.5) is 5.69 Å². The molecule has 10 nitrogen and oxygen atoms in total. The van der Waals surface area contributed by atoms with E-state index in [0.29, 0.717) is 18.5 Å². The lowest BCUT2D eigenvalue weighted by Crippen LogP contribution is -2.59. The predicted molar refractivity (Wildman–Crippen MR) is 153 cm³/mol. The highest BCUT2D eigenvalue weighted by Gasteiger charge is 2.80. The van der Waals surface area contributed by atoms with Crippen LogP contribution < -0.4 is 5.06 Å². The van der Waals surface area contributed by atoms with Crippen LogP contribution in [0.1, 0.15) is 74.7 Å². The Labute approximate surface area is 244 Å². The van der Waals surface area contributed by atoms with Gasteiger partial charge in [0.2, 0.25) is 15.8 Å². The molecule has 6 atom stereocenters. The van der Waals surface area contributed by atoms with E-state index in [9.17, 15) is 23.2 Å². The molecule has 1 aromatic carbocycles. The molecule has 2 saturated carbocycles. The Kier molecular flexibility index (Phi) is 8.12. The summed E-state index contributed by atoms with van der Waals surface area (Å²) in [6, 6.07) is 6.67. The van der Waals surface area contributed by atoms with Gasteiger partial charge < -0.3 is 14.2 Å². The zero-order valence-electron chi connectivity index (χ0n) is 25.7. The fraction of sp³-hybridized carbons (Fsp3) is 0.733. The fourth-order valence-corrected chi connectivity index (χ4v) is 10.7. The van der Waals surface area contributed by atoms with Crippen molar-refractivity contribution in [3.8, 4) is 0 Å². The van der Waals surface area contributed by atoms with Gasteiger partial charge in [-0.2, -0.15) is 4.31 Å². The van der Waals surface area contributed by atoms with E-state index in [-0.39, 0.29) is 23.8 Å². The van der Waals surface area contributed by atoms with E-state index in [4.69, 9.17) is 14.2 Å². The van der Waals surface area contributed by atoms with Crippen LogP contribution in [-0.2, 0) is 33.8 Å². The molecule has 1 spiro atoms. The minimum Gasteiger partial charge on any atom is -0.467 e. The van der Waals surface area contributed by atoms with Crippen molar-refractivity contribution in [2.75, 3.05) is 17.9 Å². The number of hydrogen-bond acceptors (Lipinski definition) is 9. The number of carbonyl (C=O) groups is 2. The van der Waals surface area contributed by atoms with Gasteiger partial charge in [0.05, 0.1) is 24.0 Å². The van der Waals surface area contributed by atoms with Gasteiger partial charge >= 0.3 is 11.9 Å². The summed E-state index contributed by atoms with van der Waals surface area (Å²) in [6.45, 7) is 14.7. The third-order valence-electron chi connectivity index (χ3n) is 10.3. The molecule has 2 bridgehead atoms. The maximum atomic E-state index is 14.1. The van der Waals surface area contributed by atoms with Gasteiger partial charge in [0.15, 0.2) is 11.6 Å². The lowest BCUT2D eigenvalue weighted by Gasteiger charge is -2.48. The highest BCUT2D eigenvalue weighted by molar-refractivity contribution is 7.89. The van der Waals surface area contributed by atoms with Crippen molar-refractivity contribution in [3.63, 3.8) is 0 Å². The second-order valence-corrected chi connectivity index (χ2v) is 15.2. The van der Waals surface area contributed by atoms with Crippen LogP contribution in [0.3, 0.4) is 0 Å². The number of rotatable bonds is 10. The molecule has 4 rings (SSSR count). The van der Waals surface area contributed by atoms with Gasteiger partial charge in [0.1, 0.15) is 0 Å². The number of anilines is 1. The van der Waals surface area contributed by atoms with Gasteiger partial charge in [-0.3, -0.25) is 5.21 Å². The average Bonchev–Trinajstić information content (AvgIpc) is 3.34. The normalized spacial score (nSPS) is 32.1. The van der Waals surface area contributed by atoms with Crippen LogP contribution in [0.25, 0.3) is 0 Å². The molecule has 1 N–H and O–H groups in total. The zero-order chi connectivity index (χ0) is 30.8. The molecular weight excluding hydrogens is 548 g/mol. The summed E-state index contributed by atoms with van der Waals surface area (Å²) < 4.78 is 47.7. The summed E-state index contributed by atoms with van der Waals surface area (Å²) in [7, 11) is -2.59. The van der Waals surface area contributed by atoms with Gasteiger partial charge in [-0.1, -0.05) is 39.0 Å². The number of para-hydroxylation sites is 1. The minimum absolute atomic E-state index is 0.0739. The van der Waals surface area contributed by atoms with Gasteiger partial charge in [-0.15, -0.1) is 0 Å². The number of methoxy groups -OCH3 is 1. The molecule has 0 aromatic heterocycles. The molecule has 41 heavy (non-hydrogen) atoms. The lowest BCUT2D eigenvalue weighted by molar-refractivity contribution is -0.259. The van der Waals surface area contributed by atoms with Crippen molar-refractivity contribution < 1.29 is 37.4 Å². The first-order valence-electron chi connectivity index (χ1n) is 14.5. The molecule has 3 fully saturated rings. The first kappa shape index (κ1) is 31.7. The van der Waals surface area contributed by atoms with Crippen molar-refractivity contribution in [3.05, 3.63) is 30.3 Å². The maximum Gasteiger partial charge on any atom is 0.341 e. The summed E-state index contributed by atoms with van der Waals surface area (Å²) >= 11 is 0. The topological polar surface area (TPSA) is 123 Å². The SMILES string of the molecule is COC(=O)[C@H]([C@H](C)[C@@]1(C)O[C@@]2(CC3CC[C@]2(CS(=O)(=O)N(C(C)C)C(C)C)C3(C)C)OC1=O)N(O)c1ccccc1. The third kappa shape index (κ3) is 4.67. The van der Waals surface area contributed by atoms with E-state index < -0.39 is 56.1 Å². The second-order valence-electron chi connectivity index (χ2n) is 13.3. The number of benzene rings is 1. The number of sulfonamides is 1. The number of nitrogens with zero attached hydrogens (tertiary/aromatic N) is 2. The number of fused-ring (bicyclic) bond motifs is 3. The van der Waals surface area contributed by atoms with E-state index in [2.05, 4.69) is 0 Å². The van der Waals surface area contributed by atoms with Crippen LogP contribution in [0.5, 0.6) is 0 Å². The number of ether oxygens (including phenoxy) is 3. The van der Waals surface area contributed by atoms with Crippen molar-refractivity contribution in [1.82, 2.24) is 4.31 Å². The van der Waals surface area contributed by atoms with Crippen LogP contribution in [0.2, 0.25) is 0 Å². The molecule has 11 heteroatoms. The van der Waals surface area contributed by atoms with Gasteiger partial charge in [-0.05, 0) is 70.9 Å². The first-order chi connectivity index (χ1) is 18.9. The van der Waals surface area contributed by atoms with Gasteiger partial charge in [-0.25, -0.2) is 23.1 Å². The van der Waals surface area contributed by atoms with Crippen LogP contribution >= 0.6 is 0 Å². The molecular formula is C30H46N2O8S. The molecule has 3 aliphatic rings. The molecule has 1 aromatic rings. The summed E-state index contributed by atoms with van der Waals surface area (Å²) in [6.07, 6.45) is 1.67. The van der Waals surface area contributed by atoms with E-state index in [0.717, 1.165) is 11.5 Å². The quantitative estimate of drug-likeness (QED) is 0.311. The summed E-state index contributed by atoms with van der Waals surface area (Å²) in [4.78, 5) is 26.9. The van der Waals surface area contributed by atoms with E-state index in [1.807, 2.05) is 41.5 Å². The second kappa shape index (κ2) is 10.5. The molecule has 1 saturated heterocycles. The Hall–Kier alpha value is -2.21. The summed E-state index contributed by atoms with van der Waals surface area (Å²) in [5.41, 5.74) is -2.87. The summed E-state index contributed by atoms with van der Waals surface area (Å²) in [5.74, 6) is -4.04. The highest BCUT2D eigenvalue weighted by Crippen LogP contribution is 2.73. The molecule has 0 radical (unpaired) electrons. The zero-order valence-corrected chi connectivity index (χ0v) is 26.5. The average molecular weight is 595 g/mol. The molecule has 1 heterocycles. The third-order valence-corrected chi connectivity index (χ3v) is 12.6. The molecule has 1 aliphatic heterocycles. The predicted octanol–water partition coefficient (Wildman–Crippen LogP) is 4.36. The van der Waals surface area contributed by atoms with Gasteiger partial charge in [0, 0.05) is 24.4 Å². The van der Waals surface area contributed by atoms with E-state index in [1.165, 1.54) is 11.4 Å². The molecule has 2 aliphatic carbocycles.